The fourth-order valence-corrected chi connectivity index (χ4v) is 2.69. The van der Waals surface area contributed by atoms with Gasteiger partial charge in [-0.3, -0.25) is 14.5 Å². The van der Waals surface area contributed by atoms with E-state index in [9.17, 15) is 9.59 Å². The van der Waals surface area contributed by atoms with Crippen molar-refractivity contribution in [2.45, 2.75) is 26.4 Å². The molecule has 1 aromatic carbocycles. The summed E-state index contributed by atoms with van der Waals surface area (Å²) in [5.74, 6) is -0.0357. The first-order valence-electron chi connectivity index (χ1n) is 8.54. The summed E-state index contributed by atoms with van der Waals surface area (Å²) < 4.78 is 0. The van der Waals surface area contributed by atoms with Crippen molar-refractivity contribution in [1.29, 1.82) is 0 Å². The molecule has 1 aliphatic rings. The van der Waals surface area contributed by atoms with E-state index in [2.05, 4.69) is 10.2 Å². The number of benzene rings is 1. The average molecular weight is 405 g/mol. The number of carbonyl (C=O) groups excluding carboxylic acids is 2. The van der Waals surface area contributed by atoms with Crippen LogP contribution in [0.4, 0.5) is 0 Å². The topological polar surface area (TPSA) is 78.7 Å². The van der Waals surface area contributed by atoms with Gasteiger partial charge in [-0.1, -0.05) is 37.3 Å². The van der Waals surface area contributed by atoms with E-state index in [1.165, 1.54) is 0 Å². The highest BCUT2D eigenvalue weighted by molar-refractivity contribution is 5.85. The molecule has 2 unspecified atom stereocenters. The van der Waals surface area contributed by atoms with Crippen LogP contribution in [0.15, 0.2) is 30.3 Å². The minimum Gasteiger partial charge on any atom is -0.351 e. The van der Waals surface area contributed by atoms with E-state index in [0.717, 1.165) is 18.7 Å². The molecule has 1 fully saturated rings. The molecule has 1 heterocycles. The lowest BCUT2D eigenvalue weighted by molar-refractivity contribution is -0.137. The molecule has 26 heavy (non-hydrogen) atoms. The third kappa shape index (κ3) is 7.50. The normalized spacial score (nSPS) is 16.7. The van der Waals surface area contributed by atoms with E-state index in [-0.39, 0.29) is 48.6 Å². The van der Waals surface area contributed by atoms with Gasteiger partial charge in [-0.2, -0.15) is 0 Å². The molecule has 1 saturated heterocycles. The summed E-state index contributed by atoms with van der Waals surface area (Å²) in [6.45, 7) is 7.39. The third-order valence-corrected chi connectivity index (χ3v) is 4.56. The van der Waals surface area contributed by atoms with Crippen LogP contribution in [0.3, 0.4) is 0 Å². The fourth-order valence-electron chi connectivity index (χ4n) is 2.69. The zero-order valence-electron chi connectivity index (χ0n) is 15.4. The van der Waals surface area contributed by atoms with Crippen LogP contribution in [0.2, 0.25) is 0 Å². The lowest BCUT2D eigenvalue weighted by Crippen LogP contribution is -2.53. The smallest absolute Gasteiger partial charge is 0.234 e. The molecule has 1 aromatic rings. The van der Waals surface area contributed by atoms with E-state index in [0.29, 0.717) is 26.2 Å². The Morgan fingerprint density at radius 1 is 1.08 bits per heavy atom. The number of halogens is 2. The Bertz CT molecular complexity index is 549. The van der Waals surface area contributed by atoms with E-state index >= 15 is 0 Å². The second-order valence-corrected chi connectivity index (χ2v) is 6.51. The summed E-state index contributed by atoms with van der Waals surface area (Å²) in [7, 11) is 0. The fraction of sp³-hybridized carbons (Fsp3) is 0.556. The van der Waals surface area contributed by atoms with Gasteiger partial charge in [0, 0.05) is 38.8 Å². The molecular weight excluding hydrogens is 375 g/mol. The van der Waals surface area contributed by atoms with Crippen LogP contribution < -0.4 is 11.1 Å². The molecule has 0 radical (unpaired) electrons. The van der Waals surface area contributed by atoms with Crippen molar-refractivity contribution in [3.05, 3.63) is 35.9 Å². The van der Waals surface area contributed by atoms with Gasteiger partial charge in [-0.15, -0.1) is 24.8 Å². The number of nitrogens with one attached hydrogen (secondary N) is 1. The standard InChI is InChI=1S/C18H28N4O2.2ClH/c1-14(15(2)19)18(24)22-10-8-21(9-11-22)13-17(23)20-12-16-6-4-3-5-7-16;;/h3-7,14-15H,8-13,19H2,1-2H3,(H,20,23);2*1H. The second-order valence-electron chi connectivity index (χ2n) is 6.51. The highest BCUT2D eigenvalue weighted by atomic mass is 35.5. The first-order chi connectivity index (χ1) is 11.5. The Labute approximate surface area is 168 Å². The summed E-state index contributed by atoms with van der Waals surface area (Å²) in [6, 6.07) is 9.72. The minimum atomic E-state index is -0.161. The van der Waals surface area contributed by atoms with Crippen LogP contribution in [0.5, 0.6) is 0 Å². The number of nitrogens with zero attached hydrogens (tertiary/aromatic N) is 2. The lowest BCUT2D eigenvalue weighted by Gasteiger charge is -2.36. The number of amides is 2. The van der Waals surface area contributed by atoms with Gasteiger partial charge in [0.25, 0.3) is 0 Å². The molecule has 0 spiro atoms. The van der Waals surface area contributed by atoms with Crippen molar-refractivity contribution in [2.75, 3.05) is 32.7 Å². The Hall–Kier alpha value is -1.34. The van der Waals surface area contributed by atoms with Gasteiger partial charge in [0.1, 0.15) is 0 Å². The van der Waals surface area contributed by atoms with E-state index in [1.807, 2.05) is 49.1 Å². The molecule has 0 aliphatic carbocycles. The van der Waals surface area contributed by atoms with Gasteiger partial charge >= 0.3 is 0 Å². The van der Waals surface area contributed by atoms with E-state index in [4.69, 9.17) is 5.73 Å². The molecular formula is C18H30Cl2N4O2. The average Bonchev–Trinajstić information content (AvgIpc) is 2.60. The van der Waals surface area contributed by atoms with Crippen LogP contribution in [0.25, 0.3) is 0 Å². The molecule has 3 N–H and O–H groups in total. The summed E-state index contributed by atoms with van der Waals surface area (Å²) in [6.07, 6.45) is 0. The highest BCUT2D eigenvalue weighted by Gasteiger charge is 2.27. The summed E-state index contributed by atoms with van der Waals surface area (Å²) in [5.41, 5.74) is 6.90. The van der Waals surface area contributed by atoms with Gasteiger partial charge < -0.3 is 16.0 Å². The van der Waals surface area contributed by atoms with Gasteiger partial charge in [0.15, 0.2) is 0 Å². The van der Waals surface area contributed by atoms with Crippen molar-refractivity contribution in [2.24, 2.45) is 11.7 Å². The molecule has 148 valence electrons. The monoisotopic (exact) mass is 404 g/mol. The Morgan fingerprint density at radius 3 is 2.19 bits per heavy atom. The van der Waals surface area contributed by atoms with Crippen LogP contribution in [0.1, 0.15) is 19.4 Å². The first kappa shape index (κ1) is 24.7. The largest absolute Gasteiger partial charge is 0.351 e. The zero-order chi connectivity index (χ0) is 17.5. The summed E-state index contributed by atoms with van der Waals surface area (Å²) in [4.78, 5) is 28.3. The Kier molecular flexibility index (Phi) is 11.5. The maximum absolute atomic E-state index is 12.3. The van der Waals surface area contributed by atoms with Crippen molar-refractivity contribution in [3.8, 4) is 0 Å². The van der Waals surface area contributed by atoms with Crippen LogP contribution >= 0.6 is 24.8 Å². The van der Waals surface area contributed by atoms with Crippen LogP contribution in [-0.2, 0) is 16.1 Å². The van der Waals surface area contributed by atoms with Crippen molar-refractivity contribution in [1.82, 2.24) is 15.1 Å². The molecule has 8 heteroatoms. The van der Waals surface area contributed by atoms with Crippen molar-refractivity contribution >= 4 is 36.6 Å². The molecule has 2 rings (SSSR count). The zero-order valence-corrected chi connectivity index (χ0v) is 17.0. The van der Waals surface area contributed by atoms with E-state index in [1.54, 1.807) is 0 Å². The molecule has 1 aliphatic heterocycles. The van der Waals surface area contributed by atoms with Gasteiger partial charge in [0.2, 0.25) is 11.8 Å². The molecule has 2 atom stereocenters. The predicted molar refractivity (Wildman–Crippen MR) is 109 cm³/mol. The lowest BCUT2D eigenvalue weighted by atomic mass is 10.0. The number of carbonyl (C=O) groups is 2. The first-order valence-corrected chi connectivity index (χ1v) is 8.54. The molecule has 0 saturated carbocycles. The number of hydrogen-bond donors (Lipinski definition) is 2. The number of hydrogen-bond acceptors (Lipinski definition) is 4. The van der Waals surface area contributed by atoms with Crippen LogP contribution in [0, 0.1) is 5.92 Å². The second kappa shape index (κ2) is 12.1. The molecule has 0 aromatic heterocycles. The number of nitrogens with two attached hydrogens (primary N) is 1. The third-order valence-electron chi connectivity index (χ3n) is 4.56. The van der Waals surface area contributed by atoms with Gasteiger partial charge in [0.05, 0.1) is 12.5 Å². The Morgan fingerprint density at radius 2 is 1.65 bits per heavy atom. The number of piperazine rings is 1. The predicted octanol–water partition coefficient (Wildman–Crippen LogP) is 1.27. The maximum atomic E-state index is 12.3. The van der Waals surface area contributed by atoms with Gasteiger partial charge in [-0.25, -0.2) is 0 Å². The van der Waals surface area contributed by atoms with Crippen LogP contribution in [-0.4, -0.2) is 60.4 Å². The number of rotatable bonds is 6. The molecule has 0 bridgehead atoms. The van der Waals surface area contributed by atoms with E-state index < -0.39 is 0 Å². The van der Waals surface area contributed by atoms with Gasteiger partial charge in [-0.05, 0) is 12.5 Å². The molecule has 2 amide bonds. The SMILES string of the molecule is CC(N)C(C)C(=O)N1CCN(CC(=O)NCc2ccccc2)CC1.Cl.Cl. The Balaban J connectivity index is 0.00000312. The quantitative estimate of drug-likeness (QED) is 0.748. The summed E-state index contributed by atoms with van der Waals surface area (Å²) >= 11 is 0. The highest BCUT2D eigenvalue weighted by Crippen LogP contribution is 2.09. The minimum absolute atomic E-state index is 0. The summed E-state index contributed by atoms with van der Waals surface area (Å²) in [5, 5.41) is 2.94. The van der Waals surface area contributed by atoms with Crippen molar-refractivity contribution in [3.63, 3.8) is 0 Å². The maximum Gasteiger partial charge on any atom is 0.234 e. The van der Waals surface area contributed by atoms with Crippen molar-refractivity contribution < 1.29 is 9.59 Å². The molecule has 6 nitrogen and oxygen atoms in total.